The number of aliphatic hydroxyl groups is 1. The van der Waals surface area contributed by atoms with Gasteiger partial charge in [-0.15, -0.1) is 0 Å². The number of amides is 2. The van der Waals surface area contributed by atoms with Crippen LogP contribution in [0.2, 0.25) is 0 Å². The average molecular weight is 253 g/mol. The van der Waals surface area contributed by atoms with Gasteiger partial charge in [0.15, 0.2) is 6.04 Å². The standard InChI is InChI=1S/C11H15N3O4/c1-14(6-8-4-2-3-5-12-8)11(18)13-9(7-15)10(16)17/h2-5,9,15H,6-7H2,1H3,(H,13,18)(H,16,17)/t9-/m1/s1. The lowest BCUT2D eigenvalue weighted by Crippen LogP contribution is -2.48. The van der Waals surface area contributed by atoms with Crippen LogP contribution in [0.25, 0.3) is 0 Å². The van der Waals surface area contributed by atoms with Gasteiger partial charge in [0.25, 0.3) is 0 Å². The monoisotopic (exact) mass is 253 g/mol. The summed E-state index contributed by atoms with van der Waals surface area (Å²) in [4.78, 5) is 27.6. The molecule has 0 radical (unpaired) electrons. The number of carbonyl (C=O) groups is 2. The second-order valence-corrected chi connectivity index (χ2v) is 3.70. The molecule has 0 saturated carbocycles. The summed E-state index contributed by atoms with van der Waals surface area (Å²) >= 11 is 0. The summed E-state index contributed by atoms with van der Waals surface area (Å²) in [5, 5.41) is 19.7. The number of rotatable bonds is 5. The van der Waals surface area contributed by atoms with Crippen molar-refractivity contribution >= 4 is 12.0 Å². The zero-order valence-electron chi connectivity index (χ0n) is 9.91. The maximum Gasteiger partial charge on any atom is 0.328 e. The second-order valence-electron chi connectivity index (χ2n) is 3.70. The third-order valence-corrected chi connectivity index (χ3v) is 2.25. The van der Waals surface area contributed by atoms with Crippen molar-refractivity contribution in [2.45, 2.75) is 12.6 Å². The molecular formula is C11H15N3O4. The first-order valence-corrected chi connectivity index (χ1v) is 5.29. The number of pyridine rings is 1. The van der Waals surface area contributed by atoms with Crippen molar-refractivity contribution in [3.05, 3.63) is 30.1 Å². The van der Waals surface area contributed by atoms with Crippen molar-refractivity contribution < 1.29 is 19.8 Å². The number of carbonyl (C=O) groups excluding carboxylic acids is 1. The fourth-order valence-corrected chi connectivity index (χ4v) is 1.25. The van der Waals surface area contributed by atoms with Crippen LogP contribution in [-0.2, 0) is 11.3 Å². The van der Waals surface area contributed by atoms with Crippen LogP contribution in [0.3, 0.4) is 0 Å². The number of nitrogens with zero attached hydrogens (tertiary/aromatic N) is 2. The molecule has 0 aliphatic heterocycles. The van der Waals surface area contributed by atoms with Gasteiger partial charge < -0.3 is 20.4 Å². The van der Waals surface area contributed by atoms with Gasteiger partial charge in [0.2, 0.25) is 0 Å². The number of hydrogen-bond acceptors (Lipinski definition) is 4. The lowest BCUT2D eigenvalue weighted by atomic mass is 10.3. The molecule has 1 rings (SSSR count). The third kappa shape index (κ3) is 4.02. The molecule has 0 aromatic carbocycles. The summed E-state index contributed by atoms with van der Waals surface area (Å²) in [7, 11) is 1.51. The number of aliphatic carboxylic acids is 1. The van der Waals surface area contributed by atoms with Crippen molar-refractivity contribution in [1.82, 2.24) is 15.2 Å². The zero-order chi connectivity index (χ0) is 13.5. The van der Waals surface area contributed by atoms with Crippen LogP contribution in [0.4, 0.5) is 4.79 Å². The highest BCUT2D eigenvalue weighted by atomic mass is 16.4. The van der Waals surface area contributed by atoms with Crippen LogP contribution < -0.4 is 5.32 Å². The molecule has 1 aromatic rings. The summed E-state index contributed by atoms with van der Waals surface area (Å²) in [5.74, 6) is -1.28. The van der Waals surface area contributed by atoms with E-state index < -0.39 is 24.6 Å². The normalized spacial score (nSPS) is 11.7. The van der Waals surface area contributed by atoms with E-state index in [-0.39, 0.29) is 6.54 Å². The lowest BCUT2D eigenvalue weighted by molar-refractivity contribution is -0.140. The fraction of sp³-hybridized carbons (Fsp3) is 0.364. The summed E-state index contributed by atoms with van der Waals surface area (Å²) in [6.07, 6.45) is 1.61. The van der Waals surface area contributed by atoms with E-state index in [0.29, 0.717) is 5.69 Å². The molecule has 1 atom stereocenters. The molecule has 1 aromatic heterocycles. The maximum absolute atomic E-state index is 11.6. The summed E-state index contributed by atoms with van der Waals surface area (Å²) in [6.45, 7) is -0.400. The Morgan fingerprint density at radius 3 is 2.72 bits per heavy atom. The van der Waals surface area contributed by atoms with Gasteiger partial charge in [0.1, 0.15) is 0 Å². The highest BCUT2D eigenvalue weighted by molar-refractivity contribution is 5.82. The van der Waals surface area contributed by atoms with Gasteiger partial charge in [0.05, 0.1) is 18.8 Å². The van der Waals surface area contributed by atoms with E-state index in [1.54, 1.807) is 24.4 Å². The van der Waals surface area contributed by atoms with Crippen molar-refractivity contribution in [3.63, 3.8) is 0 Å². The number of aromatic nitrogens is 1. The number of carboxylic acids is 1. The minimum atomic E-state index is -1.30. The Labute approximate surface area is 104 Å². The van der Waals surface area contributed by atoms with Crippen LogP contribution in [0.1, 0.15) is 5.69 Å². The predicted octanol–water partition coefficient (Wildman–Crippen LogP) is -0.332. The van der Waals surface area contributed by atoms with Crippen LogP contribution in [-0.4, -0.2) is 51.8 Å². The highest BCUT2D eigenvalue weighted by Crippen LogP contribution is 1.99. The Kier molecular flexibility index (Phi) is 5.06. The second kappa shape index (κ2) is 6.55. The summed E-state index contributed by atoms with van der Waals surface area (Å²) in [6, 6.07) is 3.42. The zero-order valence-corrected chi connectivity index (χ0v) is 9.91. The molecule has 0 bridgehead atoms. The van der Waals surface area contributed by atoms with Gasteiger partial charge in [-0.2, -0.15) is 0 Å². The molecule has 7 nitrogen and oxygen atoms in total. The average Bonchev–Trinajstić information content (AvgIpc) is 2.36. The number of aliphatic hydroxyl groups excluding tert-OH is 1. The van der Waals surface area contributed by atoms with Crippen LogP contribution in [0, 0.1) is 0 Å². The van der Waals surface area contributed by atoms with Gasteiger partial charge in [-0.05, 0) is 12.1 Å². The van der Waals surface area contributed by atoms with Gasteiger partial charge >= 0.3 is 12.0 Å². The molecule has 7 heteroatoms. The Hall–Kier alpha value is -2.15. The molecule has 0 fully saturated rings. The van der Waals surface area contributed by atoms with Crippen molar-refractivity contribution in [3.8, 4) is 0 Å². The van der Waals surface area contributed by atoms with E-state index in [1.165, 1.54) is 11.9 Å². The number of urea groups is 1. The van der Waals surface area contributed by atoms with Crippen LogP contribution in [0.5, 0.6) is 0 Å². The Morgan fingerprint density at radius 1 is 1.50 bits per heavy atom. The Balaban J connectivity index is 2.54. The van der Waals surface area contributed by atoms with Crippen molar-refractivity contribution in [1.29, 1.82) is 0 Å². The molecule has 98 valence electrons. The number of hydrogen-bond donors (Lipinski definition) is 3. The molecule has 0 unspecified atom stereocenters. The topological polar surface area (TPSA) is 103 Å². The summed E-state index contributed by atoms with van der Waals surface area (Å²) in [5.41, 5.74) is 0.686. The predicted molar refractivity (Wildman–Crippen MR) is 62.7 cm³/mol. The van der Waals surface area contributed by atoms with Crippen LogP contribution in [0.15, 0.2) is 24.4 Å². The molecule has 0 saturated heterocycles. The smallest absolute Gasteiger partial charge is 0.328 e. The minimum Gasteiger partial charge on any atom is -0.480 e. The minimum absolute atomic E-state index is 0.254. The highest BCUT2D eigenvalue weighted by Gasteiger charge is 2.20. The molecular weight excluding hydrogens is 238 g/mol. The Bertz CT molecular complexity index is 410. The van der Waals surface area contributed by atoms with Gasteiger partial charge in [-0.3, -0.25) is 4.98 Å². The van der Waals surface area contributed by atoms with E-state index in [2.05, 4.69) is 10.3 Å². The largest absolute Gasteiger partial charge is 0.480 e. The molecule has 2 amide bonds. The number of carboxylic acid groups (broad SMARTS) is 1. The molecule has 1 heterocycles. The molecule has 18 heavy (non-hydrogen) atoms. The molecule has 3 N–H and O–H groups in total. The maximum atomic E-state index is 11.6. The van der Waals surface area contributed by atoms with E-state index in [0.717, 1.165) is 0 Å². The Morgan fingerprint density at radius 2 is 2.22 bits per heavy atom. The van der Waals surface area contributed by atoms with Gasteiger partial charge in [0, 0.05) is 13.2 Å². The van der Waals surface area contributed by atoms with Gasteiger partial charge in [-0.1, -0.05) is 6.07 Å². The van der Waals surface area contributed by atoms with E-state index in [9.17, 15) is 9.59 Å². The molecule has 0 spiro atoms. The lowest BCUT2D eigenvalue weighted by Gasteiger charge is -2.20. The molecule has 0 aliphatic rings. The third-order valence-electron chi connectivity index (χ3n) is 2.25. The van der Waals surface area contributed by atoms with Crippen molar-refractivity contribution in [2.24, 2.45) is 0 Å². The molecule has 0 aliphatic carbocycles. The SMILES string of the molecule is CN(Cc1ccccn1)C(=O)N[C@H](CO)C(=O)O. The van der Waals surface area contributed by atoms with E-state index in [4.69, 9.17) is 10.2 Å². The summed E-state index contributed by atoms with van der Waals surface area (Å²) < 4.78 is 0. The van der Waals surface area contributed by atoms with E-state index >= 15 is 0 Å². The van der Waals surface area contributed by atoms with E-state index in [1.807, 2.05) is 0 Å². The van der Waals surface area contributed by atoms with Crippen LogP contribution >= 0.6 is 0 Å². The first kappa shape index (κ1) is 13.9. The fourth-order valence-electron chi connectivity index (χ4n) is 1.25. The first-order valence-electron chi connectivity index (χ1n) is 5.29. The quantitative estimate of drug-likeness (QED) is 0.666. The van der Waals surface area contributed by atoms with Crippen molar-refractivity contribution in [2.75, 3.05) is 13.7 Å². The number of nitrogens with one attached hydrogen (secondary N) is 1. The first-order chi connectivity index (χ1) is 8.54. The van der Waals surface area contributed by atoms with Gasteiger partial charge in [-0.25, -0.2) is 9.59 Å².